The molecule has 2 amide bonds. The predicted octanol–water partition coefficient (Wildman–Crippen LogP) is 4.62. The first-order valence-corrected chi connectivity index (χ1v) is 12.4. The maximum atomic E-state index is 13.2. The summed E-state index contributed by atoms with van der Waals surface area (Å²) in [6, 6.07) is 11.1. The molecular weight excluding hydrogens is 489 g/mol. The summed E-state index contributed by atoms with van der Waals surface area (Å²) in [7, 11) is 3.18. The van der Waals surface area contributed by atoms with Crippen molar-refractivity contribution in [2.75, 3.05) is 26.0 Å². The maximum absolute atomic E-state index is 13.2. The van der Waals surface area contributed by atoms with Gasteiger partial charge in [-0.1, -0.05) is 54.2 Å². The minimum absolute atomic E-state index is 0.0962. The van der Waals surface area contributed by atoms with Gasteiger partial charge in [0.1, 0.15) is 6.04 Å². The molecule has 35 heavy (non-hydrogen) atoms. The molecule has 2 aromatic carbocycles. The topological polar surface area (TPSA) is 96.5 Å². The molecule has 0 aromatic heterocycles. The number of anilines is 1. The minimum Gasteiger partial charge on any atom is -0.467 e. The first-order valence-electron chi connectivity index (χ1n) is 11.7. The Kier molecular flexibility index (Phi) is 9.55. The summed E-state index contributed by atoms with van der Waals surface area (Å²) in [6.45, 7) is 0.739. The number of halogens is 2. The molecule has 1 fully saturated rings. The van der Waals surface area contributed by atoms with Crippen LogP contribution in [-0.4, -0.2) is 44.5 Å². The van der Waals surface area contributed by atoms with Gasteiger partial charge in [0, 0.05) is 12.1 Å². The van der Waals surface area contributed by atoms with Crippen LogP contribution in [0.1, 0.15) is 48.0 Å². The summed E-state index contributed by atoms with van der Waals surface area (Å²) >= 11 is 12.2. The number of esters is 1. The van der Waals surface area contributed by atoms with Crippen molar-refractivity contribution in [3.05, 3.63) is 63.6 Å². The van der Waals surface area contributed by atoms with E-state index >= 15 is 0 Å². The second-order valence-electron chi connectivity index (χ2n) is 8.84. The van der Waals surface area contributed by atoms with Crippen LogP contribution >= 0.6 is 23.2 Å². The quantitative estimate of drug-likeness (QED) is 0.398. The number of ether oxygens (including phenoxy) is 1. The number of hydrogen-bond acceptors (Lipinski definition) is 5. The Balaban J connectivity index is 1.68. The van der Waals surface area contributed by atoms with E-state index in [1.54, 1.807) is 42.5 Å². The Hall–Kier alpha value is -2.61. The number of nitrogens with one attached hydrogen (secondary N) is 3. The van der Waals surface area contributed by atoms with Gasteiger partial charge in [0.25, 0.3) is 5.91 Å². The fraction of sp³-hybridized carbons (Fsp3) is 0.423. The molecule has 3 N–H and O–H groups in total. The van der Waals surface area contributed by atoms with Crippen molar-refractivity contribution >= 4 is 46.7 Å². The van der Waals surface area contributed by atoms with Crippen LogP contribution in [0.15, 0.2) is 42.5 Å². The zero-order chi connectivity index (χ0) is 25.4. The van der Waals surface area contributed by atoms with Gasteiger partial charge in [-0.25, -0.2) is 4.79 Å². The van der Waals surface area contributed by atoms with Crippen LogP contribution in [0.2, 0.25) is 10.0 Å². The highest BCUT2D eigenvalue weighted by atomic mass is 35.5. The SMILES string of the molecule is CNCCC1(C(=O)N[C@@H](Cc2ccc(NC(=O)c3c(Cl)cccc3Cl)cc2)C(=O)OC)CCCC1. The highest BCUT2D eigenvalue weighted by molar-refractivity contribution is 6.40. The normalized spacial score (nSPS) is 15.3. The van der Waals surface area contributed by atoms with Crippen LogP contribution in [0.4, 0.5) is 5.69 Å². The molecular formula is C26H31Cl2N3O4. The molecule has 0 heterocycles. The summed E-state index contributed by atoms with van der Waals surface area (Å²) in [5, 5.41) is 9.37. The van der Waals surface area contributed by atoms with Gasteiger partial charge >= 0.3 is 5.97 Å². The molecule has 0 saturated heterocycles. The summed E-state index contributed by atoms with van der Waals surface area (Å²) in [4.78, 5) is 38.3. The maximum Gasteiger partial charge on any atom is 0.328 e. The fourth-order valence-corrected chi connectivity index (χ4v) is 5.09. The van der Waals surface area contributed by atoms with E-state index in [-0.39, 0.29) is 27.9 Å². The second kappa shape index (κ2) is 12.4. The zero-order valence-corrected chi connectivity index (χ0v) is 21.5. The fourth-order valence-electron chi connectivity index (χ4n) is 4.52. The average Bonchev–Trinajstić information content (AvgIpc) is 3.33. The lowest BCUT2D eigenvalue weighted by atomic mass is 9.81. The van der Waals surface area contributed by atoms with Crippen molar-refractivity contribution in [1.29, 1.82) is 0 Å². The summed E-state index contributed by atoms with van der Waals surface area (Å²) in [5.74, 6) is -1.01. The molecule has 9 heteroatoms. The number of carbonyl (C=O) groups is 3. The van der Waals surface area contributed by atoms with Gasteiger partial charge in [0.05, 0.1) is 28.1 Å². The Morgan fingerprint density at radius 3 is 2.23 bits per heavy atom. The summed E-state index contributed by atoms with van der Waals surface area (Å²) < 4.78 is 4.96. The van der Waals surface area contributed by atoms with Crippen LogP contribution in [0, 0.1) is 5.41 Å². The molecule has 0 unspecified atom stereocenters. The van der Waals surface area contributed by atoms with Gasteiger partial charge in [-0.3, -0.25) is 9.59 Å². The van der Waals surface area contributed by atoms with E-state index < -0.39 is 23.3 Å². The van der Waals surface area contributed by atoms with Crippen molar-refractivity contribution in [2.45, 2.75) is 44.6 Å². The van der Waals surface area contributed by atoms with Crippen molar-refractivity contribution in [1.82, 2.24) is 10.6 Å². The minimum atomic E-state index is -0.804. The lowest BCUT2D eigenvalue weighted by Crippen LogP contribution is -2.49. The molecule has 1 aliphatic carbocycles. The third-order valence-electron chi connectivity index (χ3n) is 6.53. The monoisotopic (exact) mass is 519 g/mol. The molecule has 1 aliphatic rings. The molecule has 0 bridgehead atoms. The van der Waals surface area contributed by atoms with Crippen molar-refractivity contribution < 1.29 is 19.1 Å². The number of methoxy groups -OCH3 is 1. The molecule has 1 saturated carbocycles. The van der Waals surface area contributed by atoms with E-state index in [1.807, 2.05) is 7.05 Å². The molecule has 0 aliphatic heterocycles. The molecule has 0 radical (unpaired) electrons. The molecule has 2 aromatic rings. The number of benzene rings is 2. The Morgan fingerprint density at radius 1 is 1.03 bits per heavy atom. The molecule has 7 nitrogen and oxygen atoms in total. The molecule has 1 atom stereocenters. The third-order valence-corrected chi connectivity index (χ3v) is 7.16. The van der Waals surface area contributed by atoms with Gasteiger partial charge in [-0.2, -0.15) is 0 Å². The molecule has 188 valence electrons. The zero-order valence-electron chi connectivity index (χ0n) is 20.0. The highest BCUT2D eigenvalue weighted by Crippen LogP contribution is 2.41. The van der Waals surface area contributed by atoms with Gasteiger partial charge in [0.2, 0.25) is 5.91 Å². The van der Waals surface area contributed by atoms with Crippen molar-refractivity contribution in [2.24, 2.45) is 5.41 Å². The number of carbonyl (C=O) groups excluding carboxylic acids is 3. The largest absolute Gasteiger partial charge is 0.467 e. The van der Waals surface area contributed by atoms with Gasteiger partial charge < -0.3 is 20.7 Å². The first-order chi connectivity index (χ1) is 16.8. The average molecular weight is 520 g/mol. The first kappa shape index (κ1) is 27.0. The van der Waals surface area contributed by atoms with Crippen LogP contribution < -0.4 is 16.0 Å². The molecule has 0 spiro atoms. The summed E-state index contributed by atoms with van der Waals surface area (Å²) in [6.07, 6.45) is 4.65. The van der Waals surface area contributed by atoms with Crippen molar-refractivity contribution in [3.8, 4) is 0 Å². The molecule has 3 rings (SSSR count). The van der Waals surface area contributed by atoms with E-state index in [1.165, 1.54) is 7.11 Å². The number of rotatable bonds is 10. The number of hydrogen-bond donors (Lipinski definition) is 3. The van der Waals surface area contributed by atoms with E-state index in [9.17, 15) is 14.4 Å². The van der Waals surface area contributed by atoms with E-state index in [0.29, 0.717) is 5.69 Å². The predicted molar refractivity (Wildman–Crippen MR) is 138 cm³/mol. The van der Waals surface area contributed by atoms with Gasteiger partial charge in [0.15, 0.2) is 0 Å². The Labute approximate surface area is 215 Å². The summed E-state index contributed by atoms with van der Waals surface area (Å²) in [5.41, 5.74) is 1.10. The van der Waals surface area contributed by atoms with Crippen LogP contribution in [0.5, 0.6) is 0 Å². The smallest absolute Gasteiger partial charge is 0.328 e. The van der Waals surface area contributed by atoms with E-state index in [4.69, 9.17) is 27.9 Å². The third kappa shape index (κ3) is 6.75. The van der Waals surface area contributed by atoms with E-state index in [2.05, 4.69) is 16.0 Å². The van der Waals surface area contributed by atoms with Crippen LogP contribution in [0.25, 0.3) is 0 Å². The highest BCUT2D eigenvalue weighted by Gasteiger charge is 2.41. The lowest BCUT2D eigenvalue weighted by molar-refractivity contribution is -0.146. The van der Waals surface area contributed by atoms with E-state index in [0.717, 1.165) is 44.2 Å². The van der Waals surface area contributed by atoms with Crippen LogP contribution in [0.3, 0.4) is 0 Å². The lowest BCUT2D eigenvalue weighted by Gasteiger charge is -2.29. The second-order valence-corrected chi connectivity index (χ2v) is 9.66. The number of amides is 2. The van der Waals surface area contributed by atoms with Gasteiger partial charge in [-0.05, 0) is 62.7 Å². The van der Waals surface area contributed by atoms with Crippen LogP contribution in [-0.2, 0) is 20.7 Å². The van der Waals surface area contributed by atoms with Crippen molar-refractivity contribution in [3.63, 3.8) is 0 Å². The Bertz CT molecular complexity index is 1030. The van der Waals surface area contributed by atoms with Gasteiger partial charge in [-0.15, -0.1) is 0 Å². The standard InChI is InChI=1S/C26H31Cl2N3O4/c1-29-15-14-26(12-3-4-13-26)25(34)31-21(24(33)35-2)16-17-8-10-18(11-9-17)30-23(32)22-19(27)6-5-7-20(22)28/h5-11,21,29H,3-4,12-16H2,1-2H3,(H,30,32)(H,31,34)/t21-/m0/s1. The Morgan fingerprint density at radius 2 is 1.66 bits per heavy atom.